The van der Waals surface area contributed by atoms with Crippen molar-refractivity contribution in [2.45, 2.75) is 67.1 Å². The molecule has 0 saturated carbocycles. The van der Waals surface area contributed by atoms with Gasteiger partial charge in [0.15, 0.2) is 12.7 Å². The molecular formula is C35H41BNO4. The lowest BCUT2D eigenvalue weighted by Gasteiger charge is -2.19. The molecule has 213 valence electrons. The van der Waals surface area contributed by atoms with Crippen molar-refractivity contribution in [2.75, 3.05) is 6.54 Å². The molecule has 0 amide bonds. The zero-order chi connectivity index (χ0) is 30.3. The van der Waals surface area contributed by atoms with E-state index in [0.29, 0.717) is 40.7 Å². The predicted octanol–water partition coefficient (Wildman–Crippen LogP) is 8.19. The highest BCUT2D eigenvalue weighted by molar-refractivity contribution is 6.49. The third kappa shape index (κ3) is 7.63. The van der Waals surface area contributed by atoms with Crippen molar-refractivity contribution in [3.8, 4) is 11.3 Å². The van der Waals surface area contributed by atoms with Crippen LogP contribution in [0.25, 0.3) is 22.3 Å². The van der Waals surface area contributed by atoms with Gasteiger partial charge in [0.1, 0.15) is 11.3 Å². The lowest BCUT2D eigenvalue weighted by molar-refractivity contribution is -0.133. The van der Waals surface area contributed by atoms with Crippen LogP contribution in [0.2, 0.25) is 0 Å². The minimum Gasteiger partial charge on any atom is -0.478 e. The van der Waals surface area contributed by atoms with Gasteiger partial charge < -0.3 is 9.52 Å². The molecule has 0 aliphatic carbocycles. The lowest BCUT2D eigenvalue weighted by Crippen LogP contribution is -2.18. The van der Waals surface area contributed by atoms with Gasteiger partial charge >= 0.3 is 5.97 Å². The van der Waals surface area contributed by atoms with Gasteiger partial charge in [0.2, 0.25) is 0 Å². The Labute approximate surface area is 244 Å². The van der Waals surface area contributed by atoms with Crippen molar-refractivity contribution in [1.82, 2.24) is 0 Å². The first-order valence-corrected chi connectivity index (χ1v) is 14.4. The van der Waals surface area contributed by atoms with Gasteiger partial charge in [-0.1, -0.05) is 75.7 Å². The number of carbonyl (C=O) groups is 1. The van der Waals surface area contributed by atoms with Crippen molar-refractivity contribution in [3.05, 3.63) is 104 Å². The molecule has 0 fully saturated rings. The quantitative estimate of drug-likeness (QED) is 0.107. The van der Waals surface area contributed by atoms with E-state index in [1.54, 1.807) is 6.07 Å². The third-order valence-corrected chi connectivity index (χ3v) is 7.50. The Hall–Kier alpha value is -3.93. The topological polar surface area (TPSA) is 79.9 Å². The van der Waals surface area contributed by atoms with Gasteiger partial charge in [-0.05, 0) is 79.7 Å². The first-order chi connectivity index (χ1) is 19.5. The van der Waals surface area contributed by atoms with Gasteiger partial charge in [-0.15, -0.1) is 0 Å². The number of aryl methyl sites for hydroxylation is 2. The first-order valence-electron chi connectivity index (χ1n) is 14.4. The number of hydrogen-bond donors (Lipinski definition) is 1. The summed E-state index contributed by atoms with van der Waals surface area (Å²) >= 11 is 0. The van der Waals surface area contributed by atoms with Gasteiger partial charge in [-0.2, -0.15) is 0 Å². The van der Waals surface area contributed by atoms with Gasteiger partial charge in [0, 0.05) is 30.0 Å². The van der Waals surface area contributed by atoms with E-state index in [1.165, 1.54) is 0 Å². The maximum atomic E-state index is 13.4. The molecule has 1 radical (unpaired) electrons. The van der Waals surface area contributed by atoms with E-state index in [0.717, 1.165) is 39.8 Å². The second kappa shape index (κ2) is 14.1. The minimum absolute atomic E-state index is 0.122. The summed E-state index contributed by atoms with van der Waals surface area (Å²) in [6, 6.07) is 11.3. The standard InChI is InChI=1S/C35H41BNO4/c1-9-21(4)12-15-30(33(35(39)40)23(6)10-2)36-25(8)28-16-22(5)17-29-31(38)19-32(41-34(28)29)26-14-13-24(7)27(18-26)20-37-11-3/h12-20,23,25H,4,9-11H2,1-3,5-8H3,(H,39,40)/b15-12-,33-30-,37-20?. The summed E-state index contributed by atoms with van der Waals surface area (Å²) in [7, 11) is 1.96. The molecular weight excluding hydrogens is 509 g/mol. The Morgan fingerprint density at radius 1 is 1.10 bits per heavy atom. The molecule has 1 aromatic heterocycles. The first kappa shape index (κ1) is 31.6. The van der Waals surface area contributed by atoms with Crippen molar-refractivity contribution in [1.29, 1.82) is 0 Å². The highest BCUT2D eigenvalue weighted by Crippen LogP contribution is 2.32. The summed E-state index contributed by atoms with van der Waals surface area (Å²) in [5.74, 6) is -0.841. The fourth-order valence-corrected chi connectivity index (χ4v) is 4.78. The zero-order valence-electron chi connectivity index (χ0n) is 25.4. The molecule has 1 heterocycles. The average Bonchev–Trinajstić information content (AvgIpc) is 2.94. The molecule has 2 aromatic carbocycles. The molecule has 0 aliphatic rings. The maximum absolute atomic E-state index is 13.4. The number of aliphatic carboxylic acids is 1. The van der Waals surface area contributed by atoms with Crippen LogP contribution in [-0.4, -0.2) is 31.1 Å². The summed E-state index contributed by atoms with van der Waals surface area (Å²) in [6.07, 6.45) is 7.04. The highest BCUT2D eigenvalue weighted by atomic mass is 16.4. The number of fused-ring (bicyclic) bond motifs is 1. The molecule has 0 bridgehead atoms. The Bertz CT molecular complexity index is 1590. The normalized spacial score (nSPS) is 13.9. The van der Waals surface area contributed by atoms with Crippen LogP contribution in [0.3, 0.4) is 0 Å². The molecule has 3 rings (SSSR count). The fraction of sp³-hybridized carbons (Fsp3) is 0.343. The number of carboxylic acids is 1. The lowest BCUT2D eigenvalue weighted by atomic mass is 9.54. The van der Waals surface area contributed by atoms with E-state index in [1.807, 2.05) is 104 Å². The highest BCUT2D eigenvalue weighted by Gasteiger charge is 2.23. The molecule has 3 aromatic rings. The molecule has 5 nitrogen and oxygen atoms in total. The fourth-order valence-electron chi connectivity index (χ4n) is 4.78. The Kier molecular flexibility index (Phi) is 10.9. The molecule has 2 atom stereocenters. The zero-order valence-corrected chi connectivity index (χ0v) is 25.4. The van der Waals surface area contributed by atoms with Gasteiger partial charge in [0.25, 0.3) is 0 Å². The number of benzene rings is 2. The smallest absolute Gasteiger partial charge is 0.331 e. The Morgan fingerprint density at radius 2 is 1.83 bits per heavy atom. The van der Waals surface area contributed by atoms with Crippen LogP contribution in [0.15, 0.2) is 86.0 Å². The van der Waals surface area contributed by atoms with Crippen molar-refractivity contribution < 1.29 is 14.3 Å². The number of hydrogen-bond acceptors (Lipinski definition) is 4. The summed E-state index contributed by atoms with van der Waals surface area (Å²) in [5, 5.41) is 10.7. The molecule has 0 spiro atoms. The molecule has 6 heteroatoms. The van der Waals surface area contributed by atoms with Crippen LogP contribution in [-0.2, 0) is 4.79 Å². The largest absolute Gasteiger partial charge is 0.478 e. The third-order valence-electron chi connectivity index (χ3n) is 7.50. The molecule has 41 heavy (non-hydrogen) atoms. The second-order valence-electron chi connectivity index (χ2n) is 10.7. The van der Waals surface area contributed by atoms with Crippen molar-refractivity contribution in [3.63, 3.8) is 0 Å². The second-order valence-corrected chi connectivity index (χ2v) is 10.7. The molecule has 2 unspecified atom stereocenters. The monoisotopic (exact) mass is 550 g/mol. The molecule has 0 saturated heterocycles. The number of allylic oxidation sites excluding steroid dienone is 4. The van der Waals surface area contributed by atoms with Crippen LogP contribution < -0.4 is 5.43 Å². The number of aliphatic imine (C=N–C) groups is 1. The summed E-state index contributed by atoms with van der Waals surface area (Å²) in [6.45, 7) is 18.6. The van der Waals surface area contributed by atoms with E-state index in [4.69, 9.17) is 4.42 Å². The van der Waals surface area contributed by atoms with E-state index in [2.05, 4.69) is 11.6 Å². The number of carboxylic acid groups (broad SMARTS) is 1. The summed E-state index contributed by atoms with van der Waals surface area (Å²) in [5.41, 5.74) is 6.91. The Balaban J connectivity index is 2.20. The van der Waals surface area contributed by atoms with E-state index in [-0.39, 0.29) is 17.2 Å². The maximum Gasteiger partial charge on any atom is 0.331 e. The Morgan fingerprint density at radius 3 is 2.46 bits per heavy atom. The van der Waals surface area contributed by atoms with Crippen molar-refractivity contribution >= 4 is 30.4 Å². The average molecular weight is 551 g/mol. The molecule has 0 aliphatic heterocycles. The molecule has 1 N–H and O–H groups in total. The van der Waals surface area contributed by atoms with Crippen molar-refractivity contribution in [2.24, 2.45) is 10.9 Å². The number of nitrogens with zero attached hydrogens (tertiary/aromatic N) is 1. The van der Waals surface area contributed by atoms with Gasteiger partial charge in [-0.25, -0.2) is 4.79 Å². The van der Waals surface area contributed by atoms with E-state index in [9.17, 15) is 14.7 Å². The number of rotatable bonds is 12. The SMILES string of the molecule is C=C(/C=C\C([B]C(C)c1cc(C)cc2c(=O)cc(-c3ccc(C)c(C=NCC)c3)oc12)=C(\C(=O)O)C(C)CC)CC. The van der Waals surface area contributed by atoms with Crippen LogP contribution >= 0.6 is 0 Å². The van der Waals surface area contributed by atoms with Crippen LogP contribution in [0.4, 0.5) is 0 Å². The summed E-state index contributed by atoms with van der Waals surface area (Å²) in [4.78, 5) is 30.2. The summed E-state index contributed by atoms with van der Waals surface area (Å²) < 4.78 is 6.48. The van der Waals surface area contributed by atoms with Gasteiger partial charge in [-0.3, -0.25) is 9.79 Å². The van der Waals surface area contributed by atoms with E-state index >= 15 is 0 Å². The van der Waals surface area contributed by atoms with Gasteiger partial charge in [0.05, 0.1) is 5.39 Å². The van der Waals surface area contributed by atoms with Crippen LogP contribution in [0.5, 0.6) is 0 Å². The van der Waals surface area contributed by atoms with E-state index < -0.39 is 5.97 Å². The predicted molar refractivity (Wildman–Crippen MR) is 172 cm³/mol. The minimum atomic E-state index is -0.936. The van der Waals surface area contributed by atoms with Crippen LogP contribution in [0, 0.1) is 19.8 Å². The van der Waals surface area contributed by atoms with Crippen LogP contribution in [0.1, 0.15) is 75.5 Å².